The zero-order chi connectivity index (χ0) is 17.2. The topological polar surface area (TPSA) is 78.4 Å². The number of nitrogens with one attached hydrogen (secondary N) is 2. The summed E-state index contributed by atoms with van der Waals surface area (Å²) in [4.78, 5) is 23.1. The molecule has 0 spiro atoms. The van der Waals surface area contributed by atoms with Crippen LogP contribution in [0.3, 0.4) is 0 Å². The standard InChI is InChI=1S/C18H23BrN2O3/c19-14-3-1-2-13(10-14)18(8-9-18)11-20-17(24)21-15-6-4-12(5-7-15)16(22)23/h1-3,10,12,15H,4-9,11H2,(H,22,23)(H2,20,21,24). The molecular weight excluding hydrogens is 372 g/mol. The lowest BCUT2D eigenvalue weighted by Gasteiger charge is -2.27. The molecule has 2 amide bonds. The molecule has 2 saturated carbocycles. The van der Waals surface area contributed by atoms with Crippen LogP contribution < -0.4 is 10.6 Å². The molecule has 2 aliphatic rings. The molecule has 3 N–H and O–H groups in total. The molecule has 1 aromatic carbocycles. The number of hydrogen-bond acceptors (Lipinski definition) is 2. The highest BCUT2D eigenvalue weighted by Crippen LogP contribution is 2.48. The maximum absolute atomic E-state index is 12.2. The van der Waals surface area contributed by atoms with E-state index < -0.39 is 5.97 Å². The predicted molar refractivity (Wildman–Crippen MR) is 95.0 cm³/mol. The highest BCUT2D eigenvalue weighted by atomic mass is 79.9. The number of carbonyl (C=O) groups excluding carboxylic acids is 1. The second kappa shape index (κ2) is 7.13. The molecular formula is C18H23BrN2O3. The first-order chi connectivity index (χ1) is 11.5. The van der Waals surface area contributed by atoms with Crippen molar-refractivity contribution in [2.45, 2.75) is 50.0 Å². The monoisotopic (exact) mass is 394 g/mol. The van der Waals surface area contributed by atoms with Gasteiger partial charge in [0.25, 0.3) is 0 Å². The first kappa shape index (κ1) is 17.3. The second-order valence-electron chi connectivity index (χ2n) is 7.00. The van der Waals surface area contributed by atoms with Gasteiger partial charge in [0.05, 0.1) is 5.92 Å². The molecule has 130 valence electrons. The van der Waals surface area contributed by atoms with E-state index in [1.807, 2.05) is 12.1 Å². The van der Waals surface area contributed by atoms with E-state index in [1.165, 1.54) is 5.56 Å². The van der Waals surface area contributed by atoms with Crippen LogP contribution in [0.2, 0.25) is 0 Å². The first-order valence-corrected chi connectivity index (χ1v) is 9.31. The Morgan fingerprint density at radius 2 is 1.92 bits per heavy atom. The average Bonchev–Trinajstić information content (AvgIpc) is 3.35. The largest absolute Gasteiger partial charge is 0.481 e. The molecule has 0 saturated heterocycles. The number of amides is 2. The number of aliphatic carboxylic acids is 1. The fourth-order valence-corrected chi connectivity index (χ4v) is 3.91. The summed E-state index contributed by atoms with van der Waals surface area (Å²) in [5.74, 6) is -0.972. The van der Waals surface area contributed by atoms with E-state index >= 15 is 0 Å². The lowest BCUT2D eigenvalue weighted by atomic mass is 9.86. The quantitative estimate of drug-likeness (QED) is 0.715. The van der Waals surface area contributed by atoms with Crippen molar-refractivity contribution in [1.29, 1.82) is 0 Å². The smallest absolute Gasteiger partial charge is 0.315 e. The van der Waals surface area contributed by atoms with Gasteiger partial charge in [0, 0.05) is 22.5 Å². The van der Waals surface area contributed by atoms with Crippen molar-refractivity contribution in [3.05, 3.63) is 34.3 Å². The Labute approximate surface area is 150 Å². The highest BCUT2D eigenvalue weighted by Gasteiger charge is 2.44. The van der Waals surface area contributed by atoms with Crippen LogP contribution >= 0.6 is 15.9 Å². The van der Waals surface area contributed by atoms with Crippen LogP contribution in [0.5, 0.6) is 0 Å². The predicted octanol–water partition coefficient (Wildman–Crippen LogP) is 3.42. The van der Waals surface area contributed by atoms with E-state index in [4.69, 9.17) is 5.11 Å². The first-order valence-electron chi connectivity index (χ1n) is 8.52. The molecule has 0 bridgehead atoms. The van der Waals surface area contributed by atoms with E-state index in [1.54, 1.807) is 0 Å². The zero-order valence-corrected chi connectivity index (χ0v) is 15.1. The summed E-state index contributed by atoms with van der Waals surface area (Å²) in [7, 11) is 0. The summed E-state index contributed by atoms with van der Waals surface area (Å²) in [6, 6.07) is 8.22. The molecule has 0 radical (unpaired) electrons. The summed E-state index contributed by atoms with van der Waals surface area (Å²) in [5.41, 5.74) is 1.33. The van der Waals surface area contributed by atoms with Crippen LogP contribution in [-0.2, 0) is 10.2 Å². The van der Waals surface area contributed by atoms with Crippen LogP contribution in [0.4, 0.5) is 4.79 Å². The van der Waals surface area contributed by atoms with Crippen molar-refractivity contribution in [2.24, 2.45) is 5.92 Å². The molecule has 1 aromatic rings. The average molecular weight is 395 g/mol. The van der Waals surface area contributed by atoms with Gasteiger partial charge in [-0.05, 0) is 56.2 Å². The van der Waals surface area contributed by atoms with Gasteiger partial charge in [-0.25, -0.2) is 4.79 Å². The number of carboxylic acids is 1. The molecule has 0 unspecified atom stereocenters. The summed E-state index contributed by atoms with van der Waals surface area (Å²) in [5, 5.41) is 15.0. The molecule has 0 atom stereocenters. The van der Waals surface area contributed by atoms with Gasteiger partial charge in [-0.3, -0.25) is 4.79 Å². The van der Waals surface area contributed by atoms with E-state index in [2.05, 4.69) is 38.7 Å². The summed E-state index contributed by atoms with van der Waals surface area (Å²) in [6.45, 7) is 0.639. The second-order valence-corrected chi connectivity index (χ2v) is 7.92. The third-order valence-corrected chi connectivity index (χ3v) is 5.78. The summed E-state index contributed by atoms with van der Waals surface area (Å²) < 4.78 is 1.06. The number of hydrogen-bond donors (Lipinski definition) is 3. The summed E-state index contributed by atoms with van der Waals surface area (Å²) in [6.07, 6.45) is 4.94. The van der Waals surface area contributed by atoms with Crippen molar-refractivity contribution >= 4 is 27.9 Å². The Bertz CT molecular complexity index is 622. The Morgan fingerprint density at radius 3 is 2.50 bits per heavy atom. The number of benzene rings is 1. The molecule has 0 aromatic heterocycles. The number of halogens is 1. The van der Waals surface area contributed by atoms with Crippen molar-refractivity contribution in [3.8, 4) is 0 Å². The third-order valence-electron chi connectivity index (χ3n) is 5.29. The van der Waals surface area contributed by atoms with Crippen molar-refractivity contribution in [2.75, 3.05) is 6.54 Å². The van der Waals surface area contributed by atoms with Crippen LogP contribution in [0, 0.1) is 5.92 Å². The number of urea groups is 1. The minimum atomic E-state index is -0.720. The van der Waals surface area contributed by atoms with Gasteiger partial charge in [0.15, 0.2) is 0 Å². The van der Waals surface area contributed by atoms with Crippen LogP contribution in [0.15, 0.2) is 28.7 Å². The van der Waals surface area contributed by atoms with Crippen LogP contribution in [0.1, 0.15) is 44.1 Å². The highest BCUT2D eigenvalue weighted by molar-refractivity contribution is 9.10. The maximum Gasteiger partial charge on any atom is 0.315 e. The van der Waals surface area contributed by atoms with Gasteiger partial charge in [-0.15, -0.1) is 0 Å². The molecule has 24 heavy (non-hydrogen) atoms. The number of rotatable bonds is 5. The van der Waals surface area contributed by atoms with Gasteiger partial charge in [-0.2, -0.15) is 0 Å². The number of carbonyl (C=O) groups is 2. The van der Waals surface area contributed by atoms with Gasteiger partial charge in [0.1, 0.15) is 0 Å². The molecule has 5 nitrogen and oxygen atoms in total. The zero-order valence-electron chi connectivity index (χ0n) is 13.6. The maximum atomic E-state index is 12.2. The SMILES string of the molecule is O=C(NCC1(c2cccc(Br)c2)CC1)NC1CCC(C(=O)O)CC1. The molecule has 6 heteroatoms. The Kier molecular flexibility index (Phi) is 5.13. The van der Waals surface area contributed by atoms with E-state index in [-0.39, 0.29) is 23.4 Å². The van der Waals surface area contributed by atoms with Gasteiger partial charge in [0.2, 0.25) is 0 Å². The van der Waals surface area contributed by atoms with Gasteiger partial charge < -0.3 is 15.7 Å². The summed E-state index contributed by atoms with van der Waals surface area (Å²) >= 11 is 3.50. The van der Waals surface area contributed by atoms with Crippen LogP contribution in [-0.4, -0.2) is 29.7 Å². The number of carboxylic acid groups (broad SMARTS) is 1. The molecule has 2 fully saturated rings. The fourth-order valence-electron chi connectivity index (χ4n) is 3.51. The molecule has 3 rings (SSSR count). The van der Waals surface area contributed by atoms with Crippen molar-refractivity contribution in [1.82, 2.24) is 10.6 Å². The third kappa shape index (κ3) is 4.09. The van der Waals surface area contributed by atoms with E-state index in [0.29, 0.717) is 19.4 Å². The minimum Gasteiger partial charge on any atom is -0.481 e. The van der Waals surface area contributed by atoms with Crippen molar-refractivity contribution in [3.63, 3.8) is 0 Å². The normalized spacial score (nSPS) is 24.9. The lowest BCUT2D eigenvalue weighted by Crippen LogP contribution is -2.46. The van der Waals surface area contributed by atoms with Crippen molar-refractivity contribution < 1.29 is 14.7 Å². The van der Waals surface area contributed by atoms with Gasteiger partial charge >= 0.3 is 12.0 Å². The van der Waals surface area contributed by atoms with E-state index in [0.717, 1.165) is 30.2 Å². The molecule has 2 aliphatic carbocycles. The Balaban J connectivity index is 1.46. The molecule has 0 aliphatic heterocycles. The minimum absolute atomic E-state index is 0.0715. The lowest BCUT2D eigenvalue weighted by molar-refractivity contribution is -0.142. The fraction of sp³-hybridized carbons (Fsp3) is 0.556. The Hall–Kier alpha value is -1.56. The van der Waals surface area contributed by atoms with Gasteiger partial charge in [-0.1, -0.05) is 28.1 Å². The van der Waals surface area contributed by atoms with E-state index in [9.17, 15) is 9.59 Å². The molecule has 0 heterocycles. The van der Waals surface area contributed by atoms with Crippen LogP contribution in [0.25, 0.3) is 0 Å². The Morgan fingerprint density at radius 1 is 1.21 bits per heavy atom.